The molecule has 0 radical (unpaired) electrons. The summed E-state index contributed by atoms with van der Waals surface area (Å²) in [5, 5.41) is 31.7. The van der Waals surface area contributed by atoms with E-state index in [4.69, 9.17) is 4.74 Å². The van der Waals surface area contributed by atoms with E-state index < -0.39 is 24.5 Å². The minimum Gasteiger partial charge on any atom is -0.388 e. The predicted molar refractivity (Wildman–Crippen MR) is 68.0 cm³/mol. The number of nitrogens with one attached hydrogen (secondary N) is 2. The van der Waals surface area contributed by atoms with Crippen LogP contribution in [0, 0.1) is 0 Å². The molecule has 1 aliphatic heterocycles. The molecule has 1 aromatic heterocycles. The lowest BCUT2D eigenvalue weighted by Crippen LogP contribution is -2.55. The first-order chi connectivity index (χ1) is 9.01. The SMILES string of the molecule is CSc1nc(N[C@H]2OC[C@@H](O)[C@@H](O)[C@@H]2O)cc(=O)[nH]1. The third-order valence-corrected chi connectivity index (χ3v) is 3.28. The lowest BCUT2D eigenvalue weighted by molar-refractivity contribution is -0.178. The van der Waals surface area contributed by atoms with Crippen LogP contribution in [0.5, 0.6) is 0 Å². The molecule has 1 aromatic rings. The van der Waals surface area contributed by atoms with Crippen molar-refractivity contribution in [2.75, 3.05) is 18.2 Å². The highest BCUT2D eigenvalue weighted by Crippen LogP contribution is 2.17. The van der Waals surface area contributed by atoms with Crippen LogP contribution >= 0.6 is 11.8 Å². The highest BCUT2D eigenvalue weighted by atomic mass is 32.2. The molecule has 19 heavy (non-hydrogen) atoms. The Hall–Kier alpha value is -1.13. The number of hydrogen-bond acceptors (Lipinski definition) is 8. The second-order valence-electron chi connectivity index (χ2n) is 4.09. The van der Waals surface area contributed by atoms with Crippen LogP contribution in [0.15, 0.2) is 16.0 Å². The minimum atomic E-state index is -1.32. The topological polar surface area (TPSA) is 128 Å². The predicted octanol–water partition coefficient (Wildman–Crippen LogP) is -1.66. The van der Waals surface area contributed by atoms with Gasteiger partial charge in [0.2, 0.25) is 0 Å². The molecule has 0 bridgehead atoms. The molecule has 0 amide bonds. The maximum Gasteiger partial charge on any atom is 0.253 e. The van der Waals surface area contributed by atoms with Gasteiger partial charge in [0, 0.05) is 6.07 Å². The van der Waals surface area contributed by atoms with E-state index >= 15 is 0 Å². The summed E-state index contributed by atoms with van der Waals surface area (Å²) in [5.74, 6) is 0.223. The lowest BCUT2D eigenvalue weighted by Gasteiger charge is -2.35. The zero-order valence-electron chi connectivity index (χ0n) is 10.1. The number of aliphatic hydroxyl groups excluding tert-OH is 3. The van der Waals surface area contributed by atoms with Crippen LogP contribution in [0.2, 0.25) is 0 Å². The molecular formula is C10H15N3O5S. The molecule has 0 aliphatic carbocycles. The molecular weight excluding hydrogens is 274 g/mol. The number of thioether (sulfide) groups is 1. The first-order valence-electron chi connectivity index (χ1n) is 5.59. The Morgan fingerprint density at radius 2 is 2.21 bits per heavy atom. The first kappa shape index (κ1) is 14.3. The number of aliphatic hydroxyl groups is 3. The van der Waals surface area contributed by atoms with E-state index in [1.165, 1.54) is 17.8 Å². The van der Waals surface area contributed by atoms with Gasteiger partial charge in [-0.3, -0.25) is 4.79 Å². The van der Waals surface area contributed by atoms with Gasteiger partial charge in [-0.2, -0.15) is 0 Å². The van der Waals surface area contributed by atoms with Gasteiger partial charge in [0.1, 0.15) is 24.1 Å². The average molecular weight is 289 g/mol. The molecule has 0 aromatic carbocycles. The van der Waals surface area contributed by atoms with Gasteiger partial charge < -0.3 is 30.4 Å². The maximum atomic E-state index is 11.4. The molecule has 5 N–H and O–H groups in total. The van der Waals surface area contributed by atoms with Crippen LogP contribution in [-0.2, 0) is 4.74 Å². The minimum absolute atomic E-state index is 0.117. The van der Waals surface area contributed by atoms with Crippen molar-refractivity contribution in [1.82, 2.24) is 9.97 Å². The van der Waals surface area contributed by atoms with Gasteiger partial charge in [-0.1, -0.05) is 11.8 Å². The van der Waals surface area contributed by atoms with Crippen molar-refractivity contribution >= 4 is 17.6 Å². The van der Waals surface area contributed by atoms with Gasteiger partial charge in [0.25, 0.3) is 5.56 Å². The summed E-state index contributed by atoms with van der Waals surface area (Å²) in [7, 11) is 0. The summed E-state index contributed by atoms with van der Waals surface area (Å²) in [6, 6.07) is 1.22. The molecule has 4 atom stereocenters. The van der Waals surface area contributed by atoms with Gasteiger partial charge in [-0.25, -0.2) is 4.98 Å². The fourth-order valence-electron chi connectivity index (χ4n) is 1.68. The van der Waals surface area contributed by atoms with E-state index in [-0.39, 0.29) is 18.0 Å². The number of ether oxygens (including phenoxy) is 1. The Kier molecular flexibility index (Phi) is 4.42. The van der Waals surface area contributed by atoms with E-state index in [1.807, 2.05) is 0 Å². The van der Waals surface area contributed by atoms with E-state index in [1.54, 1.807) is 6.26 Å². The maximum absolute atomic E-state index is 11.4. The van der Waals surface area contributed by atoms with Crippen molar-refractivity contribution in [2.24, 2.45) is 0 Å². The summed E-state index contributed by atoms with van der Waals surface area (Å²) in [6.45, 7) is -0.117. The number of hydrogen-bond donors (Lipinski definition) is 5. The third-order valence-electron chi connectivity index (χ3n) is 2.70. The molecule has 2 rings (SSSR count). The van der Waals surface area contributed by atoms with Crippen LogP contribution in [0.25, 0.3) is 0 Å². The van der Waals surface area contributed by atoms with E-state index in [2.05, 4.69) is 15.3 Å². The highest BCUT2D eigenvalue weighted by molar-refractivity contribution is 7.98. The molecule has 9 heteroatoms. The zero-order chi connectivity index (χ0) is 14.0. The fraction of sp³-hybridized carbons (Fsp3) is 0.600. The molecule has 1 aliphatic rings. The monoisotopic (exact) mass is 289 g/mol. The van der Waals surface area contributed by atoms with E-state index in [9.17, 15) is 20.1 Å². The van der Waals surface area contributed by atoms with Crippen molar-refractivity contribution in [3.8, 4) is 0 Å². The van der Waals surface area contributed by atoms with Crippen molar-refractivity contribution in [1.29, 1.82) is 0 Å². The summed E-state index contributed by atoms with van der Waals surface area (Å²) in [4.78, 5) is 18.0. The highest BCUT2D eigenvalue weighted by Gasteiger charge is 2.37. The van der Waals surface area contributed by atoms with Gasteiger partial charge in [-0.15, -0.1) is 0 Å². The standard InChI is InChI=1S/C10H15N3O5S/c1-19-10-12-5(2-6(15)13-10)11-9-8(17)7(16)4(14)3-18-9/h2,4,7-9,14,16-17H,3H2,1H3,(H2,11,12,13,15)/t4-,7-,8+,9+/m1/s1. The van der Waals surface area contributed by atoms with Gasteiger partial charge >= 0.3 is 0 Å². The van der Waals surface area contributed by atoms with Crippen LogP contribution < -0.4 is 10.9 Å². The van der Waals surface area contributed by atoms with Gasteiger partial charge in [0.05, 0.1) is 6.61 Å². The molecule has 0 unspecified atom stereocenters. The van der Waals surface area contributed by atoms with E-state index in [0.29, 0.717) is 5.16 Å². The molecule has 0 saturated carbocycles. The Labute approximate surface area is 112 Å². The van der Waals surface area contributed by atoms with Crippen LogP contribution in [0.4, 0.5) is 5.82 Å². The molecule has 106 valence electrons. The van der Waals surface area contributed by atoms with E-state index in [0.717, 1.165) is 0 Å². The van der Waals surface area contributed by atoms with Crippen molar-refractivity contribution in [2.45, 2.75) is 29.7 Å². The first-order valence-corrected chi connectivity index (χ1v) is 6.81. The summed E-state index contributed by atoms with van der Waals surface area (Å²) < 4.78 is 5.16. The second-order valence-corrected chi connectivity index (χ2v) is 4.88. The van der Waals surface area contributed by atoms with Crippen molar-refractivity contribution in [3.63, 3.8) is 0 Å². The number of aromatic nitrogens is 2. The second kappa shape index (κ2) is 5.88. The van der Waals surface area contributed by atoms with Crippen LogP contribution in [0.3, 0.4) is 0 Å². The van der Waals surface area contributed by atoms with Crippen LogP contribution in [0.1, 0.15) is 0 Å². The largest absolute Gasteiger partial charge is 0.388 e. The number of H-pyrrole nitrogens is 1. The number of aromatic amines is 1. The van der Waals surface area contributed by atoms with Gasteiger partial charge in [-0.05, 0) is 6.26 Å². The molecule has 2 heterocycles. The molecule has 1 saturated heterocycles. The van der Waals surface area contributed by atoms with Crippen LogP contribution in [-0.4, -0.2) is 62.7 Å². The fourth-order valence-corrected chi connectivity index (χ4v) is 2.08. The molecule has 8 nitrogen and oxygen atoms in total. The number of nitrogens with zero attached hydrogens (tertiary/aromatic N) is 1. The normalized spacial score (nSPS) is 31.2. The lowest BCUT2D eigenvalue weighted by atomic mass is 10.0. The Morgan fingerprint density at radius 1 is 1.47 bits per heavy atom. The summed E-state index contributed by atoms with van der Waals surface area (Å²) in [5.41, 5.74) is -0.340. The summed E-state index contributed by atoms with van der Waals surface area (Å²) >= 11 is 1.26. The van der Waals surface area contributed by atoms with Crippen molar-refractivity contribution < 1.29 is 20.1 Å². The molecule has 0 spiro atoms. The average Bonchev–Trinajstić information content (AvgIpc) is 2.39. The van der Waals surface area contributed by atoms with Gasteiger partial charge in [0.15, 0.2) is 11.4 Å². The quantitative estimate of drug-likeness (QED) is 0.330. The number of rotatable bonds is 3. The summed E-state index contributed by atoms with van der Waals surface area (Å²) in [6.07, 6.45) is -2.95. The zero-order valence-corrected chi connectivity index (χ0v) is 10.9. The Balaban J connectivity index is 2.13. The molecule has 1 fully saturated rings. The Morgan fingerprint density at radius 3 is 2.89 bits per heavy atom. The van der Waals surface area contributed by atoms with Crippen molar-refractivity contribution in [3.05, 3.63) is 16.4 Å². The number of anilines is 1. The smallest absolute Gasteiger partial charge is 0.253 e. The third kappa shape index (κ3) is 3.25. The Bertz CT molecular complexity index is 496.